The van der Waals surface area contributed by atoms with Crippen molar-refractivity contribution in [3.05, 3.63) is 28.3 Å². The predicted octanol–water partition coefficient (Wildman–Crippen LogP) is 2.94. The van der Waals surface area contributed by atoms with E-state index in [0.717, 1.165) is 23.2 Å². The van der Waals surface area contributed by atoms with Crippen molar-refractivity contribution in [2.45, 2.75) is 46.0 Å². The van der Waals surface area contributed by atoms with Crippen LogP contribution < -0.4 is 5.32 Å². The van der Waals surface area contributed by atoms with Crippen LogP contribution in [0, 0.1) is 0 Å². The zero-order valence-electron chi connectivity index (χ0n) is 13.4. The molecule has 1 saturated heterocycles. The lowest BCUT2D eigenvalue weighted by Gasteiger charge is -2.17. The van der Waals surface area contributed by atoms with E-state index in [4.69, 9.17) is 11.6 Å². The predicted molar refractivity (Wildman–Crippen MR) is 89.4 cm³/mol. The van der Waals surface area contributed by atoms with Gasteiger partial charge in [-0.1, -0.05) is 31.5 Å². The second kappa shape index (κ2) is 7.59. The Hall–Kier alpha value is -1.88. The number of aryl methyl sites for hydroxylation is 1. The Morgan fingerprint density at radius 1 is 1.17 bits per heavy atom. The van der Waals surface area contributed by atoms with Gasteiger partial charge in [0.05, 0.1) is 0 Å². The number of hydrogen-bond acceptors (Lipinski definition) is 3. The molecule has 1 aromatic rings. The summed E-state index contributed by atoms with van der Waals surface area (Å²) in [5.74, 6) is -0.618. The van der Waals surface area contributed by atoms with Gasteiger partial charge in [-0.2, -0.15) is 0 Å². The van der Waals surface area contributed by atoms with E-state index in [1.165, 1.54) is 4.90 Å². The minimum atomic E-state index is -0.218. The number of nitrogens with zero attached hydrogens (tertiary/aromatic N) is 1. The molecule has 1 aliphatic rings. The molecule has 23 heavy (non-hydrogen) atoms. The van der Waals surface area contributed by atoms with Crippen LogP contribution in [0.25, 0.3) is 0 Å². The summed E-state index contributed by atoms with van der Waals surface area (Å²) in [7, 11) is 0. The first-order chi connectivity index (χ1) is 11.0. The Bertz CT molecular complexity index is 627. The van der Waals surface area contributed by atoms with E-state index in [1.54, 1.807) is 0 Å². The third kappa shape index (κ3) is 3.91. The van der Waals surface area contributed by atoms with E-state index in [0.29, 0.717) is 11.4 Å². The van der Waals surface area contributed by atoms with Gasteiger partial charge < -0.3 is 5.32 Å². The van der Waals surface area contributed by atoms with Gasteiger partial charge in [-0.05, 0) is 30.0 Å². The summed E-state index contributed by atoms with van der Waals surface area (Å²) in [5.41, 5.74) is 2.69. The number of benzene rings is 1. The average Bonchev–Trinajstić information content (AvgIpc) is 2.84. The lowest BCUT2D eigenvalue weighted by atomic mass is 10.0. The van der Waals surface area contributed by atoms with Crippen LogP contribution in [0.15, 0.2) is 12.1 Å². The molecule has 5 nitrogen and oxygen atoms in total. The molecule has 0 aliphatic carbocycles. The Balaban J connectivity index is 2.07. The van der Waals surface area contributed by atoms with Gasteiger partial charge in [0, 0.05) is 36.5 Å². The molecule has 0 saturated carbocycles. The van der Waals surface area contributed by atoms with Crippen LogP contribution in [0.5, 0.6) is 0 Å². The molecule has 1 aromatic carbocycles. The Morgan fingerprint density at radius 3 is 2.39 bits per heavy atom. The highest BCUT2D eigenvalue weighted by atomic mass is 35.5. The standard InChI is InChI=1S/C17H21ClN2O3/c1-3-11-5-6-13(18)12(4-2)17(11)19-14(21)9-10-20-15(22)7-8-16(20)23/h5-6H,3-4,7-10H2,1-2H3,(H,19,21). The molecule has 1 N–H and O–H groups in total. The molecule has 0 aromatic heterocycles. The van der Waals surface area contributed by atoms with E-state index in [-0.39, 0.29) is 43.5 Å². The van der Waals surface area contributed by atoms with Crippen molar-refractivity contribution in [2.75, 3.05) is 11.9 Å². The molecule has 0 radical (unpaired) electrons. The summed E-state index contributed by atoms with van der Waals surface area (Å²) in [6.07, 6.45) is 2.08. The summed E-state index contributed by atoms with van der Waals surface area (Å²) in [6, 6.07) is 3.75. The molecule has 124 valence electrons. The fourth-order valence-electron chi connectivity index (χ4n) is 2.75. The molecule has 1 fully saturated rings. The van der Waals surface area contributed by atoms with Crippen molar-refractivity contribution < 1.29 is 14.4 Å². The van der Waals surface area contributed by atoms with Crippen molar-refractivity contribution in [2.24, 2.45) is 0 Å². The normalized spacial score (nSPS) is 14.5. The largest absolute Gasteiger partial charge is 0.325 e. The monoisotopic (exact) mass is 336 g/mol. The first-order valence-corrected chi connectivity index (χ1v) is 8.29. The van der Waals surface area contributed by atoms with Crippen molar-refractivity contribution in [3.8, 4) is 0 Å². The molecule has 3 amide bonds. The van der Waals surface area contributed by atoms with E-state index in [2.05, 4.69) is 5.32 Å². The molecule has 1 heterocycles. The maximum atomic E-state index is 12.2. The van der Waals surface area contributed by atoms with Gasteiger partial charge in [-0.25, -0.2) is 0 Å². The van der Waals surface area contributed by atoms with E-state index < -0.39 is 0 Å². The maximum absolute atomic E-state index is 12.2. The minimum absolute atomic E-state index is 0.0936. The number of nitrogens with one attached hydrogen (secondary N) is 1. The Kier molecular flexibility index (Phi) is 5.77. The number of hydrogen-bond donors (Lipinski definition) is 1. The van der Waals surface area contributed by atoms with Crippen molar-refractivity contribution in [1.29, 1.82) is 0 Å². The highest BCUT2D eigenvalue weighted by Crippen LogP contribution is 2.29. The summed E-state index contributed by atoms with van der Waals surface area (Å²) in [5, 5.41) is 3.53. The first kappa shape index (κ1) is 17.5. The number of rotatable bonds is 6. The van der Waals surface area contributed by atoms with Crippen LogP contribution in [-0.2, 0) is 27.2 Å². The smallest absolute Gasteiger partial charge is 0.229 e. The summed E-state index contributed by atoms with van der Waals surface area (Å²) in [4.78, 5) is 36.5. The van der Waals surface area contributed by atoms with Crippen LogP contribution in [0.1, 0.15) is 44.2 Å². The number of carbonyl (C=O) groups excluding carboxylic acids is 3. The summed E-state index contributed by atoms with van der Waals surface area (Å²) in [6.45, 7) is 4.13. The van der Waals surface area contributed by atoms with E-state index in [9.17, 15) is 14.4 Å². The molecule has 2 rings (SSSR count). The third-order valence-corrected chi connectivity index (χ3v) is 4.41. The number of anilines is 1. The molecular weight excluding hydrogens is 316 g/mol. The minimum Gasteiger partial charge on any atom is -0.325 e. The number of likely N-dealkylation sites (tertiary alicyclic amines) is 1. The molecule has 6 heteroatoms. The Labute approximate surface area is 141 Å². The van der Waals surface area contributed by atoms with Crippen molar-refractivity contribution >= 4 is 35.0 Å². The highest BCUT2D eigenvalue weighted by Gasteiger charge is 2.28. The third-order valence-electron chi connectivity index (χ3n) is 4.06. The number of carbonyl (C=O) groups is 3. The van der Waals surface area contributed by atoms with E-state index >= 15 is 0 Å². The molecule has 0 atom stereocenters. The second-order valence-corrected chi connectivity index (χ2v) is 5.91. The van der Waals surface area contributed by atoms with Gasteiger partial charge in [0.25, 0.3) is 0 Å². The van der Waals surface area contributed by atoms with Crippen molar-refractivity contribution in [3.63, 3.8) is 0 Å². The summed E-state index contributed by atoms with van der Waals surface area (Å²) >= 11 is 6.21. The SMILES string of the molecule is CCc1ccc(Cl)c(CC)c1NC(=O)CCN1C(=O)CCC1=O. The fourth-order valence-corrected chi connectivity index (χ4v) is 3.05. The van der Waals surface area contributed by atoms with Crippen LogP contribution in [0.2, 0.25) is 5.02 Å². The van der Waals surface area contributed by atoms with Gasteiger partial charge in [0.1, 0.15) is 0 Å². The van der Waals surface area contributed by atoms with Crippen molar-refractivity contribution in [1.82, 2.24) is 4.90 Å². The molecule has 1 aliphatic heterocycles. The molecule has 0 bridgehead atoms. The number of amides is 3. The molecule has 0 spiro atoms. The second-order valence-electron chi connectivity index (χ2n) is 5.50. The van der Waals surface area contributed by atoms with Gasteiger partial charge in [0.15, 0.2) is 0 Å². The van der Waals surface area contributed by atoms with Gasteiger partial charge in [-0.3, -0.25) is 19.3 Å². The van der Waals surface area contributed by atoms with Crippen LogP contribution in [0.4, 0.5) is 5.69 Å². The maximum Gasteiger partial charge on any atom is 0.229 e. The molecular formula is C17H21ClN2O3. The first-order valence-electron chi connectivity index (χ1n) is 7.91. The zero-order valence-corrected chi connectivity index (χ0v) is 14.2. The fraction of sp³-hybridized carbons (Fsp3) is 0.471. The number of imide groups is 1. The van der Waals surface area contributed by atoms with Gasteiger partial charge >= 0.3 is 0 Å². The van der Waals surface area contributed by atoms with Crippen LogP contribution in [0.3, 0.4) is 0 Å². The average molecular weight is 337 g/mol. The highest BCUT2D eigenvalue weighted by molar-refractivity contribution is 6.32. The van der Waals surface area contributed by atoms with Gasteiger partial charge in [0.2, 0.25) is 17.7 Å². The van der Waals surface area contributed by atoms with Gasteiger partial charge in [-0.15, -0.1) is 0 Å². The lowest BCUT2D eigenvalue weighted by Crippen LogP contribution is -2.32. The van der Waals surface area contributed by atoms with Crippen LogP contribution >= 0.6 is 11.6 Å². The molecule has 0 unspecified atom stereocenters. The summed E-state index contributed by atoms with van der Waals surface area (Å²) < 4.78 is 0. The lowest BCUT2D eigenvalue weighted by molar-refractivity contribution is -0.138. The van der Waals surface area contributed by atoms with E-state index in [1.807, 2.05) is 26.0 Å². The van der Waals surface area contributed by atoms with Crippen LogP contribution in [-0.4, -0.2) is 29.2 Å². The quantitative estimate of drug-likeness (QED) is 0.812. The topological polar surface area (TPSA) is 66.5 Å². The zero-order chi connectivity index (χ0) is 17.0. The Morgan fingerprint density at radius 2 is 1.83 bits per heavy atom. The number of halogens is 1.